The van der Waals surface area contributed by atoms with Crippen LogP contribution in [0.3, 0.4) is 0 Å². The molecule has 1 aliphatic rings. The van der Waals surface area contributed by atoms with Crippen LogP contribution in [-0.4, -0.2) is 36.2 Å². The van der Waals surface area contributed by atoms with E-state index in [2.05, 4.69) is 39.5 Å². The lowest BCUT2D eigenvalue weighted by atomic mass is 10.0. The number of ether oxygens (including phenoxy) is 1. The summed E-state index contributed by atoms with van der Waals surface area (Å²) in [5.74, 6) is 0.646. The molecule has 3 atom stereocenters. The number of nitrogens with zero attached hydrogens (tertiary/aromatic N) is 1. The first-order chi connectivity index (χ1) is 6.04. The molecule has 78 valence electrons. The smallest absolute Gasteiger partial charge is 0.0619 e. The topological polar surface area (TPSA) is 12.5 Å². The highest BCUT2D eigenvalue weighted by Gasteiger charge is 2.29. The summed E-state index contributed by atoms with van der Waals surface area (Å²) in [5.41, 5.74) is 0. The van der Waals surface area contributed by atoms with Gasteiger partial charge in [0.15, 0.2) is 0 Å². The first-order valence-electron chi connectivity index (χ1n) is 5.39. The van der Waals surface area contributed by atoms with Crippen molar-refractivity contribution in [1.29, 1.82) is 0 Å². The highest BCUT2D eigenvalue weighted by molar-refractivity contribution is 4.82. The third-order valence-corrected chi connectivity index (χ3v) is 3.14. The summed E-state index contributed by atoms with van der Waals surface area (Å²) in [6.07, 6.45) is 0. The second-order valence-corrected chi connectivity index (χ2v) is 4.65. The van der Waals surface area contributed by atoms with Crippen LogP contribution in [0.15, 0.2) is 0 Å². The molecular weight excluding hydrogens is 162 g/mol. The standard InChI is InChI=1S/C11H23NO/c1-8(2)12-10(4)7-13-6-9(3)11(12)5/h8-11H,6-7H2,1-5H3. The molecule has 0 saturated carbocycles. The number of hydrogen-bond donors (Lipinski definition) is 0. The molecule has 2 heteroatoms. The van der Waals surface area contributed by atoms with Crippen molar-refractivity contribution in [2.45, 2.75) is 52.7 Å². The minimum Gasteiger partial charge on any atom is -0.379 e. The lowest BCUT2D eigenvalue weighted by Gasteiger charge is -2.37. The SMILES string of the molecule is CC1COCC(C)N(C(C)C)C1C. The fraction of sp³-hybridized carbons (Fsp3) is 1.00. The Hall–Kier alpha value is -0.0800. The van der Waals surface area contributed by atoms with E-state index in [0.717, 1.165) is 13.2 Å². The first-order valence-corrected chi connectivity index (χ1v) is 5.39. The zero-order valence-corrected chi connectivity index (χ0v) is 9.58. The zero-order chi connectivity index (χ0) is 10.0. The Labute approximate surface area is 82.3 Å². The summed E-state index contributed by atoms with van der Waals surface area (Å²) in [4.78, 5) is 2.57. The van der Waals surface area contributed by atoms with Crippen molar-refractivity contribution in [1.82, 2.24) is 4.90 Å². The van der Waals surface area contributed by atoms with Crippen molar-refractivity contribution in [3.63, 3.8) is 0 Å². The van der Waals surface area contributed by atoms with E-state index < -0.39 is 0 Å². The molecule has 3 unspecified atom stereocenters. The summed E-state index contributed by atoms with van der Waals surface area (Å²) >= 11 is 0. The van der Waals surface area contributed by atoms with Crippen LogP contribution in [0.5, 0.6) is 0 Å². The van der Waals surface area contributed by atoms with Crippen LogP contribution in [0.1, 0.15) is 34.6 Å². The van der Waals surface area contributed by atoms with Crippen LogP contribution < -0.4 is 0 Å². The van der Waals surface area contributed by atoms with Gasteiger partial charge in [0, 0.05) is 18.1 Å². The minimum absolute atomic E-state index is 0.556. The molecule has 0 radical (unpaired) electrons. The Morgan fingerprint density at radius 2 is 1.77 bits per heavy atom. The number of rotatable bonds is 1. The van der Waals surface area contributed by atoms with Gasteiger partial charge in [-0.25, -0.2) is 0 Å². The van der Waals surface area contributed by atoms with Gasteiger partial charge in [-0.05, 0) is 33.6 Å². The molecule has 0 amide bonds. The summed E-state index contributed by atoms with van der Waals surface area (Å²) < 4.78 is 5.63. The van der Waals surface area contributed by atoms with Gasteiger partial charge in [-0.3, -0.25) is 4.90 Å². The third-order valence-electron chi connectivity index (χ3n) is 3.14. The van der Waals surface area contributed by atoms with Gasteiger partial charge >= 0.3 is 0 Å². The van der Waals surface area contributed by atoms with Gasteiger partial charge in [0.1, 0.15) is 0 Å². The lowest BCUT2D eigenvalue weighted by molar-refractivity contribution is 0.0819. The molecule has 1 heterocycles. The van der Waals surface area contributed by atoms with E-state index in [1.165, 1.54) is 0 Å². The van der Waals surface area contributed by atoms with Crippen molar-refractivity contribution < 1.29 is 4.74 Å². The average Bonchev–Trinajstić information content (AvgIpc) is 2.13. The first kappa shape index (κ1) is 11.0. The van der Waals surface area contributed by atoms with Gasteiger partial charge in [-0.15, -0.1) is 0 Å². The Kier molecular flexibility index (Phi) is 3.74. The van der Waals surface area contributed by atoms with E-state index in [-0.39, 0.29) is 0 Å². The molecule has 1 aliphatic heterocycles. The summed E-state index contributed by atoms with van der Waals surface area (Å²) in [6, 6.07) is 1.81. The van der Waals surface area contributed by atoms with Crippen LogP contribution in [0, 0.1) is 5.92 Å². The average molecular weight is 185 g/mol. The minimum atomic E-state index is 0.556. The van der Waals surface area contributed by atoms with E-state index in [9.17, 15) is 0 Å². The Morgan fingerprint density at radius 3 is 2.31 bits per heavy atom. The molecule has 0 N–H and O–H groups in total. The monoisotopic (exact) mass is 185 g/mol. The molecule has 0 spiro atoms. The van der Waals surface area contributed by atoms with Crippen molar-refractivity contribution in [2.75, 3.05) is 13.2 Å². The Bertz CT molecular complexity index is 158. The quantitative estimate of drug-likeness (QED) is 0.620. The van der Waals surface area contributed by atoms with E-state index >= 15 is 0 Å². The Balaban J connectivity index is 2.72. The van der Waals surface area contributed by atoms with Crippen molar-refractivity contribution in [2.24, 2.45) is 5.92 Å². The molecule has 0 aliphatic carbocycles. The Morgan fingerprint density at radius 1 is 1.15 bits per heavy atom. The van der Waals surface area contributed by atoms with Crippen molar-refractivity contribution >= 4 is 0 Å². The predicted molar refractivity (Wildman–Crippen MR) is 55.9 cm³/mol. The molecule has 2 nitrogen and oxygen atoms in total. The maximum atomic E-state index is 5.63. The maximum absolute atomic E-state index is 5.63. The molecule has 13 heavy (non-hydrogen) atoms. The van der Waals surface area contributed by atoms with E-state index in [4.69, 9.17) is 4.74 Å². The normalized spacial score (nSPS) is 37.8. The zero-order valence-electron chi connectivity index (χ0n) is 9.58. The largest absolute Gasteiger partial charge is 0.379 e. The van der Waals surface area contributed by atoms with E-state index in [1.807, 2.05) is 0 Å². The van der Waals surface area contributed by atoms with E-state index in [1.54, 1.807) is 0 Å². The molecule has 0 aromatic carbocycles. The predicted octanol–water partition coefficient (Wildman–Crippen LogP) is 2.14. The van der Waals surface area contributed by atoms with Crippen LogP contribution in [0.2, 0.25) is 0 Å². The van der Waals surface area contributed by atoms with Gasteiger partial charge in [0.2, 0.25) is 0 Å². The van der Waals surface area contributed by atoms with Crippen molar-refractivity contribution in [3.05, 3.63) is 0 Å². The maximum Gasteiger partial charge on any atom is 0.0619 e. The fourth-order valence-electron chi connectivity index (χ4n) is 2.32. The van der Waals surface area contributed by atoms with Crippen molar-refractivity contribution in [3.8, 4) is 0 Å². The molecule has 1 rings (SSSR count). The van der Waals surface area contributed by atoms with Crippen LogP contribution in [0.4, 0.5) is 0 Å². The van der Waals surface area contributed by atoms with Gasteiger partial charge in [-0.2, -0.15) is 0 Å². The van der Waals surface area contributed by atoms with Crippen LogP contribution in [0.25, 0.3) is 0 Å². The van der Waals surface area contributed by atoms with Gasteiger partial charge < -0.3 is 4.74 Å². The van der Waals surface area contributed by atoms with Crippen LogP contribution in [-0.2, 0) is 4.74 Å². The highest BCUT2D eigenvalue weighted by atomic mass is 16.5. The third kappa shape index (κ3) is 2.44. The molecule has 1 fully saturated rings. The molecule has 0 bridgehead atoms. The van der Waals surface area contributed by atoms with Gasteiger partial charge in [0.05, 0.1) is 13.2 Å². The molecule has 0 aromatic rings. The summed E-state index contributed by atoms with van der Waals surface area (Å²) in [5, 5.41) is 0. The van der Waals surface area contributed by atoms with Crippen LogP contribution >= 0.6 is 0 Å². The molecular formula is C11H23NO. The lowest BCUT2D eigenvalue weighted by Crippen LogP contribution is -2.47. The second-order valence-electron chi connectivity index (χ2n) is 4.65. The highest BCUT2D eigenvalue weighted by Crippen LogP contribution is 2.21. The van der Waals surface area contributed by atoms with Gasteiger partial charge in [0.25, 0.3) is 0 Å². The summed E-state index contributed by atoms with van der Waals surface area (Å²) in [6.45, 7) is 13.2. The van der Waals surface area contributed by atoms with E-state index in [0.29, 0.717) is 24.0 Å². The number of hydrogen-bond acceptors (Lipinski definition) is 2. The molecule has 0 aromatic heterocycles. The second kappa shape index (κ2) is 4.43. The fourth-order valence-corrected chi connectivity index (χ4v) is 2.32. The molecule has 1 saturated heterocycles. The summed E-state index contributed by atoms with van der Waals surface area (Å²) in [7, 11) is 0. The van der Waals surface area contributed by atoms with Gasteiger partial charge in [-0.1, -0.05) is 6.92 Å².